The van der Waals surface area contributed by atoms with Crippen LogP contribution in [0.5, 0.6) is 0 Å². The number of carbonyl (C=O) groups excluding carboxylic acids is 1. The third-order valence-electron chi connectivity index (χ3n) is 2.23. The van der Waals surface area contributed by atoms with Crippen molar-refractivity contribution in [2.24, 2.45) is 0 Å². The molecule has 0 amide bonds. The topological polar surface area (TPSA) is 64.3 Å². The molecule has 0 aromatic carbocycles. The summed E-state index contributed by atoms with van der Waals surface area (Å²) in [5.74, 6) is -0.191. The van der Waals surface area contributed by atoms with E-state index in [4.69, 9.17) is 9.84 Å². The highest BCUT2D eigenvalue weighted by atomic mass is 16.5. The van der Waals surface area contributed by atoms with Gasteiger partial charge < -0.3 is 9.84 Å². The fourth-order valence-electron chi connectivity index (χ4n) is 1.64. The molecule has 0 aliphatic heterocycles. The lowest BCUT2D eigenvalue weighted by molar-refractivity contribution is 0.0524. The zero-order chi connectivity index (χ0) is 12.1. The van der Waals surface area contributed by atoms with E-state index in [0.29, 0.717) is 18.7 Å². The van der Waals surface area contributed by atoms with Crippen LogP contribution in [0.25, 0.3) is 0 Å². The van der Waals surface area contributed by atoms with Crippen LogP contribution < -0.4 is 0 Å². The van der Waals surface area contributed by atoms with Crippen molar-refractivity contribution in [1.82, 2.24) is 9.78 Å². The summed E-state index contributed by atoms with van der Waals surface area (Å²) in [4.78, 5) is 11.6. The fourth-order valence-corrected chi connectivity index (χ4v) is 1.64. The molecule has 0 saturated carbocycles. The maximum atomic E-state index is 11.6. The number of rotatable bonds is 5. The first-order valence-corrected chi connectivity index (χ1v) is 5.45. The summed E-state index contributed by atoms with van der Waals surface area (Å²) in [6.07, 6.45) is 1.50. The second-order valence-corrected chi connectivity index (χ2v) is 3.77. The standard InChI is InChI=1S/C11H18N2O3/c1-4-16-11(15)9-7-12-13(5-6-14)10(9)8(2)3/h7-8,14H,4-6H2,1-3H3. The minimum atomic E-state index is -0.351. The van der Waals surface area contributed by atoms with E-state index >= 15 is 0 Å². The van der Waals surface area contributed by atoms with E-state index in [0.717, 1.165) is 5.69 Å². The summed E-state index contributed by atoms with van der Waals surface area (Å²) < 4.78 is 6.61. The number of ether oxygens (including phenoxy) is 1. The predicted molar refractivity (Wildman–Crippen MR) is 59.4 cm³/mol. The van der Waals surface area contributed by atoms with E-state index < -0.39 is 0 Å². The number of aliphatic hydroxyl groups excluding tert-OH is 1. The van der Waals surface area contributed by atoms with Crippen LogP contribution in [0.2, 0.25) is 0 Å². The van der Waals surface area contributed by atoms with Gasteiger partial charge in [0.15, 0.2) is 0 Å². The van der Waals surface area contributed by atoms with Gasteiger partial charge in [-0.05, 0) is 12.8 Å². The lowest BCUT2D eigenvalue weighted by atomic mass is 10.1. The number of hydrogen-bond donors (Lipinski definition) is 1. The molecule has 1 aromatic heterocycles. The van der Waals surface area contributed by atoms with E-state index in [2.05, 4.69) is 5.10 Å². The number of hydrogen-bond acceptors (Lipinski definition) is 4. The first-order valence-electron chi connectivity index (χ1n) is 5.45. The van der Waals surface area contributed by atoms with Gasteiger partial charge in [-0.1, -0.05) is 13.8 Å². The van der Waals surface area contributed by atoms with E-state index in [1.54, 1.807) is 11.6 Å². The Kier molecular flexibility index (Phi) is 4.49. The lowest BCUT2D eigenvalue weighted by Gasteiger charge is -2.11. The number of nitrogens with zero attached hydrogens (tertiary/aromatic N) is 2. The van der Waals surface area contributed by atoms with Crippen LogP contribution in [-0.4, -0.2) is 34.1 Å². The molecule has 16 heavy (non-hydrogen) atoms. The summed E-state index contributed by atoms with van der Waals surface area (Å²) in [7, 11) is 0. The Morgan fingerprint density at radius 3 is 2.81 bits per heavy atom. The van der Waals surface area contributed by atoms with Gasteiger partial charge in [0, 0.05) is 0 Å². The van der Waals surface area contributed by atoms with Crippen LogP contribution in [0, 0.1) is 0 Å². The number of esters is 1. The summed E-state index contributed by atoms with van der Waals surface area (Å²) in [5.41, 5.74) is 1.30. The van der Waals surface area contributed by atoms with Crippen molar-refractivity contribution >= 4 is 5.97 Å². The van der Waals surface area contributed by atoms with Gasteiger partial charge in [0.25, 0.3) is 0 Å². The lowest BCUT2D eigenvalue weighted by Crippen LogP contribution is -2.13. The Labute approximate surface area is 95.0 Å². The van der Waals surface area contributed by atoms with Crippen LogP contribution >= 0.6 is 0 Å². The van der Waals surface area contributed by atoms with Crippen molar-refractivity contribution in [3.05, 3.63) is 17.5 Å². The van der Waals surface area contributed by atoms with Crippen LogP contribution in [0.3, 0.4) is 0 Å². The molecule has 0 atom stereocenters. The van der Waals surface area contributed by atoms with Gasteiger partial charge in [-0.25, -0.2) is 4.79 Å². The Morgan fingerprint density at radius 2 is 2.31 bits per heavy atom. The van der Waals surface area contributed by atoms with E-state index in [9.17, 15) is 4.79 Å². The summed E-state index contributed by atoms with van der Waals surface area (Å²) in [5, 5.41) is 13.0. The molecular weight excluding hydrogens is 208 g/mol. The molecule has 1 heterocycles. The first kappa shape index (κ1) is 12.7. The molecule has 1 aromatic rings. The fraction of sp³-hybridized carbons (Fsp3) is 0.636. The maximum Gasteiger partial charge on any atom is 0.341 e. The van der Waals surface area contributed by atoms with Gasteiger partial charge in [-0.2, -0.15) is 5.10 Å². The second-order valence-electron chi connectivity index (χ2n) is 3.77. The minimum Gasteiger partial charge on any atom is -0.462 e. The third kappa shape index (κ3) is 2.61. The van der Waals surface area contributed by atoms with Gasteiger partial charge in [0.1, 0.15) is 5.56 Å². The van der Waals surface area contributed by atoms with Gasteiger partial charge in [-0.3, -0.25) is 4.68 Å². The zero-order valence-corrected chi connectivity index (χ0v) is 9.93. The molecule has 1 rings (SSSR count). The van der Waals surface area contributed by atoms with E-state index in [1.165, 1.54) is 6.20 Å². The first-order chi connectivity index (χ1) is 7.61. The molecule has 0 bridgehead atoms. The highest BCUT2D eigenvalue weighted by molar-refractivity contribution is 5.90. The van der Waals surface area contributed by atoms with Gasteiger partial charge >= 0.3 is 5.97 Å². The normalized spacial score (nSPS) is 10.8. The molecule has 1 N–H and O–H groups in total. The Morgan fingerprint density at radius 1 is 1.62 bits per heavy atom. The highest BCUT2D eigenvalue weighted by Gasteiger charge is 2.20. The number of carbonyl (C=O) groups is 1. The molecule has 0 radical (unpaired) electrons. The van der Waals surface area contributed by atoms with E-state index in [1.807, 2.05) is 13.8 Å². The van der Waals surface area contributed by atoms with Gasteiger partial charge in [0.2, 0.25) is 0 Å². The van der Waals surface area contributed by atoms with Gasteiger partial charge in [0.05, 0.1) is 31.6 Å². The van der Waals surface area contributed by atoms with Crippen molar-refractivity contribution in [1.29, 1.82) is 0 Å². The molecule has 5 nitrogen and oxygen atoms in total. The molecule has 0 aliphatic carbocycles. The van der Waals surface area contributed by atoms with Crippen LogP contribution in [0.15, 0.2) is 6.20 Å². The van der Waals surface area contributed by atoms with Crippen LogP contribution in [-0.2, 0) is 11.3 Å². The average molecular weight is 226 g/mol. The maximum absolute atomic E-state index is 11.6. The van der Waals surface area contributed by atoms with E-state index in [-0.39, 0.29) is 18.5 Å². The van der Waals surface area contributed by atoms with Crippen molar-refractivity contribution < 1.29 is 14.6 Å². The largest absolute Gasteiger partial charge is 0.462 e. The SMILES string of the molecule is CCOC(=O)c1cnn(CCO)c1C(C)C. The minimum absolute atomic E-state index is 0.00364. The Bertz CT molecular complexity index is 358. The van der Waals surface area contributed by atoms with Crippen LogP contribution in [0.1, 0.15) is 42.7 Å². The quantitative estimate of drug-likeness (QED) is 0.766. The molecular formula is C11H18N2O3. The predicted octanol–water partition coefficient (Wildman–Crippen LogP) is 1.18. The molecule has 0 aliphatic rings. The Balaban J connectivity index is 3.04. The van der Waals surface area contributed by atoms with Gasteiger partial charge in [-0.15, -0.1) is 0 Å². The smallest absolute Gasteiger partial charge is 0.341 e. The molecule has 0 unspecified atom stereocenters. The number of aromatic nitrogens is 2. The highest BCUT2D eigenvalue weighted by Crippen LogP contribution is 2.20. The summed E-state index contributed by atoms with van der Waals surface area (Å²) in [6.45, 7) is 6.48. The molecule has 0 fully saturated rings. The monoisotopic (exact) mass is 226 g/mol. The molecule has 0 saturated heterocycles. The average Bonchev–Trinajstić information content (AvgIpc) is 2.62. The Hall–Kier alpha value is -1.36. The summed E-state index contributed by atoms with van der Waals surface area (Å²) >= 11 is 0. The summed E-state index contributed by atoms with van der Waals surface area (Å²) in [6, 6.07) is 0. The third-order valence-corrected chi connectivity index (χ3v) is 2.23. The molecule has 5 heteroatoms. The van der Waals surface area contributed by atoms with Crippen molar-refractivity contribution in [3.8, 4) is 0 Å². The van der Waals surface area contributed by atoms with Crippen LogP contribution in [0.4, 0.5) is 0 Å². The number of aliphatic hydroxyl groups is 1. The van der Waals surface area contributed by atoms with Crippen molar-refractivity contribution in [2.45, 2.75) is 33.2 Å². The zero-order valence-electron chi connectivity index (χ0n) is 9.93. The van der Waals surface area contributed by atoms with Crippen molar-refractivity contribution in [3.63, 3.8) is 0 Å². The van der Waals surface area contributed by atoms with Crippen molar-refractivity contribution in [2.75, 3.05) is 13.2 Å². The molecule has 0 spiro atoms. The molecule has 90 valence electrons. The second kappa shape index (κ2) is 5.65.